The molecule has 1 N–H and O–H groups in total. The highest BCUT2D eigenvalue weighted by molar-refractivity contribution is 5.94. The van der Waals surface area contributed by atoms with E-state index < -0.39 is 0 Å². The Morgan fingerprint density at radius 3 is 2.78 bits per heavy atom. The van der Waals surface area contributed by atoms with Crippen LogP contribution in [0, 0.1) is 0 Å². The molecule has 1 atom stereocenters. The fourth-order valence-corrected chi connectivity index (χ4v) is 2.26. The molecule has 2 rings (SSSR count). The number of ether oxygens (including phenoxy) is 2. The third-order valence-corrected chi connectivity index (χ3v) is 3.48. The molecule has 1 aromatic carbocycles. The topological polar surface area (TPSA) is 78.3 Å². The Morgan fingerprint density at radius 2 is 2.17 bits per heavy atom. The maximum Gasteiger partial charge on any atom is 0.251 e. The molecule has 0 aliphatic rings. The zero-order valence-corrected chi connectivity index (χ0v) is 13.9. The van der Waals surface area contributed by atoms with Gasteiger partial charge in [0.25, 0.3) is 5.91 Å². The Bertz CT molecular complexity index is 669. The zero-order chi connectivity index (χ0) is 16.8. The van der Waals surface area contributed by atoms with Gasteiger partial charge in [0.1, 0.15) is 12.2 Å². The number of nitrogens with zero attached hydrogens (tertiary/aromatic N) is 3. The van der Waals surface area contributed by atoms with Crippen molar-refractivity contribution in [2.45, 2.75) is 19.8 Å². The van der Waals surface area contributed by atoms with Crippen molar-refractivity contribution in [1.82, 2.24) is 20.1 Å². The SMILES string of the molecule is CCOc1ccc(C(=O)NCC(C)c2nncn2C)cc1OC. The van der Waals surface area contributed by atoms with E-state index in [1.54, 1.807) is 31.6 Å². The van der Waals surface area contributed by atoms with Crippen LogP contribution in [0.4, 0.5) is 0 Å². The van der Waals surface area contributed by atoms with Crippen LogP contribution in [0.2, 0.25) is 0 Å². The highest BCUT2D eigenvalue weighted by Crippen LogP contribution is 2.28. The Labute approximate surface area is 135 Å². The molecule has 7 heteroatoms. The first-order valence-electron chi connectivity index (χ1n) is 7.49. The van der Waals surface area contributed by atoms with Gasteiger partial charge in [-0.15, -0.1) is 10.2 Å². The molecule has 0 spiro atoms. The van der Waals surface area contributed by atoms with Gasteiger partial charge in [-0.1, -0.05) is 6.92 Å². The molecule has 0 aliphatic carbocycles. The summed E-state index contributed by atoms with van der Waals surface area (Å²) >= 11 is 0. The van der Waals surface area contributed by atoms with E-state index in [4.69, 9.17) is 9.47 Å². The monoisotopic (exact) mass is 318 g/mol. The molecule has 1 unspecified atom stereocenters. The van der Waals surface area contributed by atoms with Gasteiger partial charge >= 0.3 is 0 Å². The number of aryl methyl sites for hydroxylation is 1. The van der Waals surface area contributed by atoms with Crippen molar-refractivity contribution in [2.24, 2.45) is 7.05 Å². The minimum Gasteiger partial charge on any atom is -0.493 e. The molecule has 0 radical (unpaired) electrons. The normalized spacial score (nSPS) is 11.8. The molecule has 7 nitrogen and oxygen atoms in total. The van der Waals surface area contributed by atoms with Crippen LogP contribution >= 0.6 is 0 Å². The highest BCUT2D eigenvalue weighted by atomic mass is 16.5. The number of rotatable bonds is 7. The number of amides is 1. The minimum atomic E-state index is -0.166. The predicted molar refractivity (Wildman–Crippen MR) is 85.9 cm³/mol. The molecule has 2 aromatic rings. The highest BCUT2D eigenvalue weighted by Gasteiger charge is 2.15. The lowest BCUT2D eigenvalue weighted by Gasteiger charge is -2.13. The van der Waals surface area contributed by atoms with Crippen molar-refractivity contribution in [2.75, 3.05) is 20.3 Å². The Balaban J connectivity index is 2.02. The number of benzene rings is 1. The van der Waals surface area contributed by atoms with Gasteiger partial charge in [0.2, 0.25) is 0 Å². The van der Waals surface area contributed by atoms with E-state index in [9.17, 15) is 4.79 Å². The van der Waals surface area contributed by atoms with Crippen LogP contribution in [0.1, 0.15) is 35.9 Å². The van der Waals surface area contributed by atoms with Gasteiger partial charge in [0.15, 0.2) is 11.5 Å². The van der Waals surface area contributed by atoms with Gasteiger partial charge in [-0.2, -0.15) is 0 Å². The molecule has 124 valence electrons. The second-order valence-electron chi connectivity index (χ2n) is 5.21. The molecule has 0 aliphatic heterocycles. The summed E-state index contributed by atoms with van der Waals surface area (Å²) in [6.07, 6.45) is 1.64. The Morgan fingerprint density at radius 1 is 1.39 bits per heavy atom. The lowest BCUT2D eigenvalue weighted by atomic mass is 10.1. The first-order valence-corrected chi connectivity index (χ1v) is 7.49. The summed E-state index contributed by atoms with van der Waals surface area (Å²) in [5.74, 6) is 1.89. The average Bonchev–Trinajstić information content (AvgIpc) is 2.99. The maximum absolute atomic E-state index is 12.3. The van der Waals surface area contributed by atoms with E-state index in [2.05, 4.69) is 15.5 Å². The van der Waals surface area contributed by atoms with Crippen molar-refractivity contribution in [3.63, 3.8) is 0 Å². The standard InChI is InChI=1S/C16H22N4O3/c1-5-23-13-7-6-12(8-14(13)22-4)16(21)17-9-11(2)15-19-18-10-20(15)3/h6-8,10-11H,5,9H2,1-4H3,(H,17,21). The van der Waals surface area contributed by atoms with Crippen LogP contribution in [0.25, 0.3) is 0 Å². The van der Waals surface area contributed by atoms with Crippen LogP contribution in [0.5, 0.6) is 11.5 Å². The summed E-state index contributed by atoms with van der Waals surface area (Å²) in [7, 11) is 3.43. The summed E-state index contributed by atoms with van der Waals surface area (Å²) in [5, 5.41) is 10.8. The molecule has 1 amide bonds. The van der Waals surface area contributed by atoms with E-state index in [0.29, 0.717) is 30.2 Å². The minimum absolute atomic E-state index is 0.0658. The third kappa shape index (κ3) is 4.00. The zero-order valence-electron chi connectivity index (χ0n) is 13.9. The first kappa shape index (κ1) is 16.8. The fraction of sp³-hybridized carbons (Fsp3) is 0.438. The number of carbonyl (C=O) groups is 1. The summed E-state index contributed by atoms with van der Waals surface area (Å²) in [5.41, 5.74) is 0.524. The number of methoxy groups -OCH3 is 1. The van der Waals surface area contributed by atoms with E-state index in [1.807, 2.05) is 25.5 Å². The summed E-state index contributed by atoms with van der Waals surface area (Å²) in [6.45, 7) is 4.90. The van der Waals surface area contributed by atoms with Gasteiger partial charge in [-0.25, -0.2) is 0 Å². The lowest BCUT2D eigenvalue weighted by molar-refractivity contribution is 0.0951. The molecule has 1 aromatic heterocycles. The lowest BCUT2D eigenvalue weighted by Crippen LogP contribution is -2.28. The smallest absolute Gasteiger partial charge is 0.251 e. The van der Waals surface area contributed by atoms with Gasteiger partial charge in [-0.3, -0.25) is 4.79 Å². The second-order valence-corrected chi connectivity index (χ2v) is 5.21. The quantitative estimate of drug-likeness (QED) is 0.841. The van der Waals surface area contributed by atoms with Gasteiger partial charge in [-0.05, 0) is 25.1 Å². The van der Waals surface area contributed by atoms with Crippen LogP contribution in [0.3, 0.4) is 0 Å². The van der Waals surface area contributed by atoms with Crippen molar-refractivity contribution in [1.29, 1.82) is 0 Å². The Kier molecular flexibility index (Phi) is 5.56. The molecular formula is C16H22N4O3. The van der Waals surface area contributed by atoms with E-state index >= 15 is 0 Å². The molecule has 0 saturated heterocycles. The van der Waals surface area contributed by atoms with Crippen molar-refractivity contribution in [3.8, 4) is 11.5 Å². The number of nitrogens with one attached hydrogen (secondary N) is 1. The van der Waals surface area contributed by atoms with E-state index in [1.165, 1.54) is 0 Å². The van der Waals surface area contributed by atoms with Crippen molar-refractivity contribution >= 4 is 5.91 Å². The molecule has 0 fully saturated rings. The fourth-order valence-electron chi connectivity index (χ4n) is 2.26. The van der Waals surface area contributed by atoms with Gasteiger partial charge in [0, 0.05) is 25.1 Å². The summed E-state index contributed by atoms with van der Waals surface area (Å²) < 4.78 is 12.6. The number of hydrogen-bond acceptors (Lipinski definition) is 5. The number of aromatic nitrogens is 3. The van der Waals surface area contributed by atoms with E-state index in [0.717, 1.165) is 5.82 Å². The Hall–Kier alpha value is -2.57. The average molecular weight is 318 g/mol. The summed E-state index contributed by atoms with van der Waals surface area (Å²) in [6, 6.07) is 5.13. The van der Waals surface area contributed by atoms with Gasteiger partial charge < -0.3 is 19.4 Å². The largest absolute Gasteiger partial charge is 0.493 e. The number of carbonyl (C=O) groups excluding carboxylic acids is 1. The molecule has 0 bridgehead atoms. The first-order chi connectivity index (χ1) is 11.1. The van der Waals surface area contributed by atoms with Crippen LogP contribution < -0.4 is 14.8 Å². The second kappa shape index (κ2) is 7.62. The van der Waals surface area contributed by atoms with Crippen LogP contribution in [0.15, 0.2) is 24.5 Å². The van der Waals surface area contributed by atoms with Crippen molar-refractivity contribution in [3.05, 3.63) is 35.9 Å². The van der Waals surface area contributed by atoms with Gasteiger partial charge in [0.05, 0.1) is 13.7 Å². The van der Waals surface area contributed by atoms with Crippen LogP contribution in [-0.2, 0) is 7.05 Å². The molecule has 0 saturated carbocycles. The molecular weight excluding hydrogens is 296 g/mol. The number of hydrogen-bond donors (Lipinski definition) is 1. The van der Waals surface area contributed by atoms with E-state index in [-0.39, 0.29) is 11.8 Å². The maximum atomic E-state index is 12.3. The van der Waals surface area contributed by atoms with Crippen molar-refractivity contribution < 1.29 is 14.3 Å². The molecule has 23 heavy (non-hydrogen) atoms. The third-order valence-electron chi connectivity index (χ3n) is 3.48. The predicted octanol–water partition coefficient (Wildman–Crippen LogP) is 1.76. The molecule has 1 heterocycles. The van der Waals surface area contributed by atoms with Crippen LogP contribution in [-0.4, -0.2) is 40.9 Å². The summed E-state index contributed by atoms with van der Waals surface area (Å²) in [4.78, 5) is 12.3.